The van der Waals surface area contributed by atoms with E-state index in [2.05, 4.69) is 0 Å². The Labute approximate surface area is 154 Å². The zero-order chi connectivity index (χ0) is 19.3. The average Bonchev–Trinajstić information content (AvgIpc) is 2.66. The van der Waals surface area contributed by atoms with Gasteiger partial charge in [0.25, 0.3) is 0 Å². The van der Waals surface area contributed by atoms with E-state index in [-0.39, 0.29) is 5.91 Å². The molecule has 0 aliphatic carbocycles. The molecule has 6 heteroatoms. The molecule has 0 fully saturated rings. The van der Waals surface area contributed by atoms with E-state index in [0.717, 1.165) is 22.4 Å². The standard InChI is InChI=1S/C20H25NO5/c1-13(22)21(2)12-14-11-15(23-3)7-8-16(14)17-9-10-18(24-4)20(26-6)19(17)25-5/h7-11H,12H2,1-6H3. The minimum Gasteiger partial charge on any atom is -0.497 e. The summed E-state index contributed by atoms with van der Waals surface area (Å²) in [5, 5.41) is 0. The smallest absolute Gasteiger partial charge is 0.219 e. The molecule has 0 N–H and O–H groups in total. The fourth-order valence-electron chi connectivity index (χ4n) is 2.77. The van der Waals surface area contributed by atoms with Gasteiger partial charge in [-0.25, -0.2) is 0 Å². The molecule has 0 saturated carbocycles. The van der Waals surface area contributed by atoms with Crippen LogP contribution in [0, 0.1) is 0 Å². The first kappa shape index (κ1) is 19.4. The summed E-state index contributed by atoms with van der Waals surface area (Å²) in [4.78, 5) is 13.3. The van der Waals surface area contributed by atoms with Crippen LogP contribution in [0.3, 0.4) is 0 Å². The maximum Gasteiger partial charge on any atom is 0.219 e. The number of rotatable bonds is 7. The summed E-state index contributed by atoms with van der Waals surface area (Å²) < 4.78 is 21.8. The summed E-state index contributed by atoms with van der Waals surface area (Å²) in [6.45, 7) is 1.98. The van der Waals surface area contributed by atoms with E-state index in [1.165, 1.54) is 6.92 Å². The van der Waals surface area contributed by atoms with Crippen LogP contribution in [-0.4, -0.2) is 46.3 Å². The molecule has 140 valence electrons. The minimum absolute atomic E-state index is 0.0157. The van der Waals surface area contributed by atoms with Gasteiger partial charge in [-0.1, -0.05) is 6.07 Å². The van der Waals surface area contributed by atoms with Crippen LogP contribution in [-0.2, 0) is 11.3 Å². The first-order valence-corrected chi connectivity index (χ1v) is 8.14. The van der Waals surface area contributed by atoms with Crippen LogP contribution >= 0.6 is 0 Å². The van der Waals surface area contributed by atoms with Gasteiger partial charge >= 0.3 is 0 Å². The van der Waals surface area contributed by atoms with Crippen molar-refractivity contribution in [2.45, 2.75) is 13.5 Å². The van der Waals surface area contributed by atoms with Gasteiger partial charge in [-0.15, -0.1) is 0 Å². The number of carbonyl (C=O) groups excluding carboxylic acids is 1. The highest BCUT2D eigenvalue weighted by Gasteiger charge is 2.20. The van der Waals surface area contributed by atoms with Crippen LogP contribution in [0.2, 0.25) is 0 Å². The molecule has 0 aliphatic rings. The molecule has 2 rings (SSSR count). The van der Waals surface area contributed by atoms with Gasteiger partial charge in [0.05, 0.1) is 28.4 Å². The van der Waals surface area contributed by atoms with Crippen molar-refractivity contribution in [1.29, 1.82) is 0 Å². The lowest BCUT2D eigenvalue weighted by Crippen LogP contribution is -2.23. The lowest BCUT2D eigenvalue weighted by atomic mass is 9.97. The second kappa shape index (κ2) is 8.47. The molecule has 0 bridgehead atoms. The van der Waals surface area contributed by atoms with E-state index in [1.807, 2.05) is 30.3 Å². The van der Waals surface area contributed by atoms with Gasteiger partial charge in [0.1, 0.15) is 5.75 Å². The lowest BCUT2D eigenvalue weighted by molar-refractivity contribution is -0.128. The molecule has 0 spiro atoms. The van der Waals surface area contributed by atoms with Crippen molar-refractivity contribution >= 4 is 5.91 Å². The molecular formula is C20H25NO5. The van der Waals surface area contributed by atoms with E-state index in [4.69, 9.17) is 18.9 Å². The summed E-state index contributed by atoms with van der Waals surface area (Å²) in [6.07, 6.45) is 0. The number of amides is 1. The van der Waals surface area contributed by atoms with E-state index < -0.39 is 0 Å². The maximum atomic E-state index is 11.7. The van der Waals surface area contributed by atoms with Gasteiger partial charge in [-0.3, -0.25) is 4.79 Å². The molecule has 0 aliphatic heterocycles. The molecule has 6 nitrogen and oxygen atoms in total. The van der Waals surface area contributed by atoms with Crippen molar-refractivity contribution in [2.24, 2.45) is 0 Å². The van der Waals surface area contributed by atoms with Crippen LogP contribution in [0.15, 0.2) is 30.3 Å². The van der Waals surface area contributed by atoms with Crippen molar-refractivity contribution in [2.75, 3.05) is 35.5 Å². The summed E-state index contributed by atoms with van der Waals surface area (Å²) in [6, 6.07) is 9.50. The van der Waals surface area contributed by atoms with Gasteiger partial charge < -0.3 is 23.8 Å². The first-order chi connectivity index (χ1) is 12.5. The molecule has 0 aromatic heterocycles. The SMILES string of the molecule is COc1ccc(-c2ccc(OC)c(OC)c2OC)c(CN(C)C(C)=O)c1. The Morgan fingerprint density at radius 1 is 0.885 bits per heavy atom. The van der Waals surface area contributed by atoms with Crippen LogP contribution in [0.5, 0.6) is 23.0 Å². The normalized spacial score (nSPS) is 10.2. The monoisotopic (exact) mass is 359 g/mol. The molecule has 0 saturated heterocycles. The Kier molecular flexibility index (Phi) is 6.33. The van der Waals surface area contributed by atoms with Crippen LogP contribution < -0.4 is 18.9 Å². The van der Waals surface area contributed by atoms with Crippen molar-refractivity contribution in [3.05, 3.63) is 35.9 Å². The molecule has 0 heterocycles. The predicted molar refractivity (Wildman–Crippen MR) is 100 cm³/mol. The zero-order valence-electron chi connectivity index (χ0n) is 16.1. The van der Waals surface area contributed by atoms with Crippen molar-refractivity contribution < 1.29 is 23.7 Å². The summed E-state index contributed by atoms with van der Waals surface area (Å²) in [5.41, 5.74) is 2.71. The molecule has 1 amide bonds. The summed E-state index contributed by atoms with van der Waals surface area (Å²) in [7, 11) is 8.12. The molecule has 0 radical (unpaired) electrons. The van der Waals surface area contributed by atoms with Crippen LogP contribution in [0.1, 0.15) is 12.5 Å². The van der Waals surface area contributed by atoms with Crippen LogP contribution in [0.25, 0.3) is 11.1 Å². The topological polar surface area (TPSA) is 57.2 Å². The van der Waals surface area contributed by atoms with E-state index in [9.17, 15) is 4.79 Å². The highest BCUT2D eigenvalue weighted by molar-refractivity contribution is 5.79. The Hall–Kier alpha value is -2.89. The largest absolute Gasteiger partial charge is 0.497 e. The van der Waals surface area contributed by atoms with Gasteiger partial charge in [0.15, 0.2) is 11.5 Å². The van der Waals surface area contributed by atoms with E-state index in [1.54, 1.807) is 40.4 Å². The van der Waals surface area contributed by atoms with Gasteiger partial charge in [0, 0.05) is 26.1 Å². The summed E-state index contributed by atoms with van der Waals surface area (Å²) >= 11 is 0. The Bertz CT molecular complexity index is 788. The van der Waals surface area contributed by atoms with Gasteiger partial charge in [-0.2, -0.15) is 0 Å². The highest BCUT2D eigenvalue weighted by Crippen LogP contribution is 2.45. The predicted octanol–water partition coefficient (Wildman–Crippen LogP) is 3.37. The number of hydrogen-bond acceptors (Lipinski definition) is 5. The Balaban J connectivity index is 2.65. The van der Waals surface area contributed by atoms with Crippen LogP contribution in [0.4, 0.5) is 0 Å². The number of nitrogens with zero attached hydrogens (tertiary/aromatic N) is 1. The highest BCUT2D eigenvalue weighted by atomic mass is 16.5. The molecular weight excluding hydrogens is 334 g/mol. The van der Waals surface area contributed by atoms with Crippen molar-refractivity contribution in [1.82, 2.24) is 4.90 Å². The van der Waals surface area contributed by atoms with Crippen molar-refractivity contribution in [3.63, 3.8) is 0 Å². The molecule has 0 unspecified atom stereocenters. The van der Waals surface area contributed by atoms with Gasteiger partial charge in [-0.05, 0) is 35.4 Å². The third kappa shape index (κ3) is 3.85. The molecule has 2 aromatic carbocycles. The number of methoxy groups -OCH3 is 4. The third-order valence-corrected chi connectivity index (χ3v) is 4.25. The minimum atomic E-state index is -0.0157. The lowest BCUT2D eigenvalue weighted by Gasteiger charge is -2.21. The number of ether oxygens (including phenoxy) is 4. The van der Waals surface area contributed by atoms with Gasteiger partial charge in [0.2, 0.25) is 11.7 Å². The third-order valence-electron chi connectivity index (χ3n) is 4.25. The second-order valence-corrected chi connectivity index (χ2v) is 5.78. The average molecular weight is 359 g/mol. The fourth-order valence-corrected chi connectivity index (χ4v) is 2.77. The summed E-state index contributed by atoms with van der Waals surface area (Å²) in [5.74, 6) is 2.39. The van der Waals surface area contributed by atoms with E-state index in [0.29, 0.717) is 23.8 Å². The number of hydrogen-bond donors (Lipinski definition) is 0. The Morgan fingerprint density at radius 2 is 1.54 bits per heavy atom. The van der Waals surface area contributed by atoms with Crippen molar-refractivity contribution in [3.8, 4) is 34.1 Å². The first-order valence-electron chi connectivity index (χ1n) is 8.14. The quantitative estimate of drug-likeness (QED) is 0.759. The molecule has 0 atom stereocenters. The maximum absolute atomic E-state index is 11.7. The molecule has 2 aromatic rings. The number of benzene rings is 2. The zero-order valence-corrected chi connectivity index (χ0v) is 16.1. The Morgan fingerprint density at radius 3 is 2.08 bits per heavy atom. The number of carbonyl (C=O) groups is 1. The van der Waals surface area contributed by atoms with E-state index >= 15 is 0 Å². The fraction of sp³-hybridized carbons (Fsp3) is 0.350. The molecule has 26 heavy (non-hydrogen) atoms. The second-order valence-electron chi connectivity index (χ2n) is 5.78.